The number of phenols is 1. The van der Waals surface area contributed by atoms with Gasteiger partial charge in [0.15, 0.2) is 0 Å². The molecule has 3 aromatic rings. The van der Waals surface area contributed by atoms with Gasteiger partial charge in [-0.2, -0.15) is 0 Å². The van der Waals surface area contributed by atoms with Gasteiger partial charge in [0.25, 0.3) is 5.91 Å². The first-order valence-corrected chi connectivity index (χ1v) is 15.5. The molecule has 10 heteroatoms. The number of carbonyl (C=O) groups excluding carboxylic acids is 1. The third-order valence-electron chi connectivity index (χ3n) is 7.95. The molecule has 226 valence electrons. The first-order chi connectivity index (χ1) is 20.1. The second-order valence-electron chi connectivity index (χ2n) is 10.9. The largest absolute Gasteiger partial charge is 0.507 e. The number of carbonyl (C=O) groups is 1. The molecule has 0 spiro atoms. The topological polar surface area (TPSA) is 125 Å². The predicted molar refractivity (Wildman–Crippen MR) is 162 cm³/mol. The van der Waals surface area contributed by atoms with Gasteiger partial charge in [-0.15, -0.1) is 0 Å². The summed E-state index contributed by atoms with van der Waals surface area (Å²) < 4.78 is 37.9. The molecule has 0 saturated carbocycles. The van der Waals surface area contributed by atoms with Crippen molar-refractivity contribution in [3.8, 4) is 22.6 Å². The average molecular weight is 597 g/mol. The molecule has 3 aromatic carbocycles. The highest BCUT2D eigenvalue weighted by Gasteiger charge is 2.44. The fraction of sp³-hybridized carbons (Fsp3) is 0.406. The quantitative estimate of drug-likeness (QED) is 0.269. The van der Waals surface area contributed by atoms with E-state index in [1.54, 1.807) is 19.2 Å². The van der Waals surface area contributed by atoms with Crippen molar-refractivity contribution >= 4 is 15.9 Å². The van der Waals surface area contributed by atoms with Gasteiger partial charge in [-0.1, -0.05) is 42.5 Å². The smallest absolute Gasteiger partial charge is 0.255 e. The van der Waals surface area contributed by atoms with E-state index >= 15 is 0 Å². The van der Waals surface area contributed by atoms with Crippen LogP contribution in [0.15, 0.2) is 66.7 Å². The molecule has 1 unspecified atom stereocenters. The standard InChI is InChI=1S/C32H40N2O7S/c1-23-19-25(11-12-28(23)26-7-6-8-27(20-26)41-18-17-40-3)24-13-15-34(16-14-24)42(38,39)32(2,22-35)21-33-31(37)29-9-4-5-10-30(29)36/h4-12,19-20,24,35-36H,13-18,21-22H2,1-3H3,(H,33,37). The molecule has 1 aliphatic rings. The lowest BCUT2D eigenvalue weighted by atomic mass is 9.87. The van der Waals surface area contributed by atoms with E-state index < -0.39 is 27.3 Å². The molecule has 1 aliphatic heterocycles. The minimum Gasteiger partial charge on any atom is -0.507 e. The number of nitrogens with one attached hydrogen (secondary N) is 1. The molecule has 0 aliphatic carbocycles. The van der Waals surface area contributed by atoms with Crippen molar-refractivity contribution in [3.05, 3.63) is 83.4 Å². The Labute approximate surface area is 248 Å². The third-order valence-corrected chi connectivity index (χ3v) is 10.5. The highest BCUT2D eigenvalue weighted by Crippen LogP contribution is 2.35. The summed E-state index contributed by atoms with van der Waals surface area (Å²) in [6.07, 6.45) is 1.29. The van der Waals surface area contributed by atoms with Crippen molar-refractivity contribution in [2.75, 3.05) is 46.6 Å². The van der Waals surface area contributed by atoms with Crippen LogP contribution < -0.4 is 10.1 Å². The number of para-hydroxylation sites is 1. The Morgan fingerprint density at radius 3 is 2.45 bits per heavy atom. The number of hydrogen-bond donors (Lipinski definition) is 3. The van der Waals surface area contributed by atoms with Crippen molar-refractivity contribution < 1.29 is 32.9 Å². The molecule has 1 atom stereocenters. The Morgan fingerprint density at radius 1 is 1.05 bits per heavy atom. The van der Waals surface area contributed by atoms with Gasteiger partial charge >= 0.3 is 0 Å². The number of sulfonamides is 1. The maximum absolute atomic E-state index is 13.6. The van der Waals surface area contributed by atoms with Crippen LogP contribution in [0, 0.1) is 6.92 Å². The van der Waals surface area contributed by atoms with E-state index in [1.807, 2.05) is 18.2 Å². The number of ether oxygens (including phenoxy) is 2. The van der Waals surface area contributed by atoms with Gasteiger partial charge in [-0.3, -0.25) is 4.79 Å². The lowest BCUT2D eigenvalue weighted by Crippen LogP contribution is -2.56. The number of aliphatic hydroxyl groups is 1. The molecule has 3 N–H and O–H groups in total. The van der Waals surface area contributed by atoms with E-state index in [1.165, 1.54) is 28.9 Å². The van der Waals surface area contributed by atoms with Gasteiger partial charge in [-0.05, 0) is 79.1 Å². The van der Waals surface area contributed by atoms with E-state index in [4.69, 9.17) is 9.47 Å². The van der Waals surface area contributed by atoms with Gasteiger partial charge in [-0.25, -0.2) is 12.7 Å². The van der Waals surface area contributed by atoms with Crippen molar-refractivity contribution in [2.24, 2.45) is 0 Å². The summed E-state index contributed by atoms with van der Waals surface area (Å²) in [4.78, 5) is 12.6. The molecular weight excluding hydrogens is 556 g/mol. The van der Waals surface area contributed by atoms with Crippen molar-refractivity contribution in [1.29, 1.82) is 0 Å². The number of aryl methyl sites for hydroxylation is 1. The van der Waals surface area contributed by atoms with Gasteiger partial charge in [0.1, 0.15) is 22.9 Å². The minimum atomic E-state index is -3.94. The molecule has 0 bridgehead atoms. The van der Waals surface area contributed by atoms with E-state index in [0.717, 1.165) is 22.4 Å². The van der Waals surface area contributed by atoms with Gasteiger partial charge in [0.05, 0.1) is 18.8 Å². The molecule has 0 aromatic heterocycles. The molecule has 9 nitrogen and oxygen atoms in total. The van der Waals surface area contributed by atoms with Crippen LogP contribution in [0.4, 0.5) is 0 Å². The highest BCUT2D eigenvalue weighted by atomic mass is 32.2. The number of rotatable bonds is 12. The van der Waals surface area contributed by atoms with E-state index in [9.17, 15) is 23.4 Å². The number of aliphatic hydroxyl groups excluding tert-OH is 1. The molecule has 42 heavy (non-hydrogen) atoms. The van der Waals surface area contributed by atoms with Crippen molar-refractivity contribution in [3.63, 3.8) is 0 Å². The predicted octanol–water partition coefficient (Wildman–Crippen LogP) is 4.08. The summed E-state index contributed by atoms with van der Waals surface area (Å²) in [6, 6.07) is 20.4. The van der Waals surface area contributed by atoms with Crippen LogP contribution in [0.5, 0.6) is 11.5 Å². The summed E-state index contributed by atoms with van der Waals surface area (Å²) in [6.45, 7) is 4.19. The number of phenolic OH excluding ortho intramolecular Hbond substituents is 1. The Hall–Kier alpha value is -3.44. The molecular formula is C32H40N2O7S. The first kappa shape index (κ1) is 31.5. The Balaban J connectivity index is 1.39. The molecule has 0 radical (unpaired) electrons. The molecule has 1 heterocycles. The van der Waals surface area contributed by atoms with E-state index in [0.29, 0.717) is 39.1 Å². The van der Waals surface area contributed by atoms with Crippen LogP contribution in [-0.2, 0) is 14.8 Å². The van der Waals surface area contributed by atoms with Crippen LogP contribution in [0.2, 0.25) is 0 Å². The number of nitrogens with zero attached hydrogens (tertiary/aromatic N) is 1. The highest BCUT2D eigenvalue weighted by molar-refractivity contribution is 7.90. The zero-order valence-electron chi connectivity index (χ0n) is 24.4. The van der Waals surface area contributed by atoms with Crippen molar-refractivity contribution in [2.45, 2.75) is 37.4 Å². The maximum Gasteiger partial charge on any atom is 0.255 e. The molecule has 1 saturated heterocycles. The summed E-state index contributed by atoms with van der Waals surface area (Å²) in [5.74, 6) is 0.184. The third kappa shape index (κ3) is 6.95. The lowest BCUT2D eigenvalue weighted by molar-refractivity contribution is 0.0942. The van der Waals surface area contributed by atoms with E-state index in [2.05, 4.69) is 36.5 Å². The Bertz CT molecular complexity index is 1490. The number of hydrogen-bond acceptors (Lipinski definition) is 7. The van der Waals surface area contributed by atoms with Gasteiger partial charge in [0, 0.05) is 26.7 Å². The van der Waals surface area contributed by atoms with Crippen LogP contribution in [0.3, 0.4) is 0 Å². The fourth-order valence-electron chi connectivity index (χ4n) is 5.26. The second-order valence-corrected chi connectivity index (χ2v) is 13.4. The fourth-order valence-corrected chi connectivity index (χ4v) is 6.99. The summed E-state index contributed by atoms with van der Waals surface area (Å²) in [5.41, 5.74) is 4.51. The Morgan fingerprint density at radius 2 is 1.79 bits per heavy atom. The van der Waals surface area contributed by atoms with Crippen molar-refractivity contribution in [1.82, 2.24) is 9.62 Å². The lowest BCUT2D eigenvalue weighted by Gasteiger charge is -2.38. The van der Waals surface area contributed by atoms with Gasteiger partial charge in [0.2, 0.25) is 10.0 Å². The van der Waals surface area contributed by atoms with Crippen LogP contribution in [-0.4, -0.2) is 80.2 Å². The summed E-state index contributed by atoms with van der Waals surface area (Å²) >= 11 is 0. The van der Waals surface area contributed by atoms with Crippen LogP contribution in [0.1, 0.15) is 47.2 Å². The SMILES string of the molecule is COCCOc1cccc(-c2ccc(C3CCN(S(=O)(=O)C(C)(CO)CNC(=O)c4ccccc4O)CC3)cc2C)c1. The number of amides is 1. The normalized spacial score (nSPS) is 16.1. The zero-order valence-corrected chi connectivity index (χ0v) is 25.2. The number of methoxy groups -OCH3 is 1. The summed E-state index contributed by atoms with van der Waals surface area (Å²) in [7, 11) is -2.30. The maximum atomic E-state index is 13.6. The monoisotopic (exact) mass is 596 g/mol. The minimum absolute atomic E-state index is 0.0421. The molecule has 4 rings (SSSR count). The molecule has 1 fully saturated rings. The van der Waals surface area contributed by atoms with Crippen LogP contribution >= 0.6 is 0 Å². The second kappa shape index (κ2) is 13.7. The number of aromatic hydroxyl groups is 1. The average Bonchev–Trinajstić information content (AvgIpc) is 3.00. The first-order valence-electron chi connectivity index (χ1n) is 14.1. The van der Waals surface area contributed by atoms with Crippen LogP contribution in [0.25, 0.3) is 11.1 Å². The zero-order chi connectivity index (χ0) is 30.3. The van der Waals surface area contributed by atoms with E-state index in [-0.39, 0.29) is 23.8 Å². The number of benzene rings is 3. The summed E-state index contributed by atoms with van der Waals surface area (Å²) in [5, 5.41) is 22.6. The van der Waals surface area contributed by atoms with Gasteiger partial charge < -0.3 is 25.0 Å². The molecule has 1 amide bonds. The Kier molecular flexibility index (Phi) is 10.3. The number of piperidine rings is 1.